The molecule has 0 aromatic heterocycles. The van der Waals surface area contributed by atoms with E-state index in [2.05, 4.69) is 5.32 Å². The minimum Gasteiger partial charge on any atom is -0.352 e. The monoisotopic (exact) mass is 502 g/mol. The van der Waals surface area contributed by atoms with Crippen LogP contribution >= 0.6 is 0 Å². The van der Waals surface area contributed by atoms with E-state index in [1.165, 1.54) is 12.1 Å². The Morgan fingerprint density at radius 1 is 0.778 bits per heavy atom. The number of ketones is 2. The number of rotatable bonds is 6. The molecule has 1 fully saturated rings. The highest BCUT2D eigenvalue weighted by Crippen LogP contribution is 2.28. The highest BCUT2D eigenvalue weighted by atomic mass is 32.2. The molecule has 7 nitrogen and oxygen atoms in total. The lowest BCUT2D eigenvalue weighted by Crippen LogP contribution is -2.35. The van der Waals surface area contributed by atoms with Gasteiger partial charge in [-0.15, -0.1) is 0 Å². The number of nitrogens with zero attached hydrogens (tertiary/aromatic N) is 1. The Balaban J connectivity index is 1.22. The van der Waals surface area contributed by atoms with Gasteiger partial charge in [-0.05, 0) is 55.2 Å². The van der Waals surface area contributed by atoms with E-state index in [0.29, 0.717) is 48.3 Å². The van der Waals surface area contributed by atoms with Crippen LogP contribution in [0.5, 0.6) is 0 Å². The largest absolute Gasteiger partial charge is 0.352 e. The van der Waals surface area contributed by atoms with E-state index in [1.54, 1.807) is 58.9 Å². The molecule has 36 heavy (non-hydrogen) atoms. The maximum Gasteiger partial charge on any atom is 0.251 e. The van der Waals surface area contributed by atoms with Crippen LogP contribution in [-0.4, -0.2) is 49.8 Å². The molecule has 1 N–H and O–H groups in total. The van der Waals surface area contributed by atoms with Gasteiger partial charge in [0, 0.05) is 47.5 Å². The number of nitrogens with one attached hydrogen (secondary N) is 1. The van der Waals surface area contributed by atoms with E-state index in [9.17, 15) is 22.8 Å². The van der Waals surface area contributed by atoms with Crippen LogP contribution in [0.2, 0.25) is 0 Å². The summed E-state index contributed by atoms with van der Waals surface area (Å²) >= 11 is 0. The Kier molecular flexibility index (Phi) is 6.55. The molecule has 1 aliphatic carbocycles. The minimum atomic E-state index is -3.47. The van der Waals surface area contributed by atoms with Crippen LogP contribution in [-0.2, 0) is 16.4 Å². The smallest absolute Gasteiger partial charge is 0.251 e. The van der Waals surface area contributed by atoms with E-state index in [0.717, 1.165) is 24.8 Å². The van der Waals surface area contributed by atoms with Gasteiger partial charge in [-0.25, -0.2) is 8.42 Å². The molecule has 1 aliphatic heterocycles. The molecule has 2 aliphatic rings. The molecule has 0 radical (unpaired) electrons. The van der Waals surface area contributed by atoms with E-state index in [-0.39, 0.29) is 27.9 Å². The van der Waals surface area contributed by atoms with Crippen molar-refractivity contribution in [2.45, 2.75) is 30.6 Å². The van der Waals surface area contributed by atoms with Gasteiger partial charge in [0.1, 0.15) is 0 Å². The van der Waals surface area contributed by atoms with Crippen molar-refractivity contribution in [2.24, 2.45) is 0 Å². The van der Waals surface area contributed by atoms with Crippen molar-refractivity contribution in [3.05, 3.63) is 100 Å². The van der Waals surface area contributed by atoms with Gasteiger partial charge in [0.15, 0.2) is 11.6 Å². The quantitative estimate of drug-likeness (QED) is 0.434. The first kappa shape index (κ1) is 24.1. The van der Waals surface area contributed by atoms with Gasteiger partial charge in [0.25, 0.3) is 5.91 Å². The number of hydrogen-bond acceptors (Lipinski definition) is 5. The second kappa shape index (κ2) is 9.79. The van der Waals surface area contributed by atoms with Crippen LogP contribution < -0.4 is 5.32 Å². The Morgan fingerprint density at radius 3 is 2.06 bits per heavy atom. The first-order valence-corrected chi connectivity index (χ1v) is 13.5. The van der Waals surface area contributed by atoms with Gasteiger partial charge in [0.2, 0.25) is 10.0 Å². The third-order valence-electron chi connectivity index (χ3n) is 6.76. The van der Waals surface area contributed by atoms with Gasteiger partial charge >= 0.3 is 0 Å². The predicted molar refractivity (Wildman–Crippen MR) is 135 cm³/mol. The summed E-state index contributed by atoms with van der Waals surface area (Å²) < 4.78 is 27.1. The summed E-state index contributed by atoms with van der Waals surface area (Å²) in [6.07, 6.45) is 3.36. The standard InChI is InChI=1S/C28H26N2O5S/c31-26-22-6-2-3-7-23(22)27(32)25-18-20(10-13-24(25)26)28(33)29-15-14-19-8-11-21(12-9-19)36(34,35)30-16-4-1-5-17-30/h2-3,6-13,18H,1,4-5,14-17H2,(H,29,33). The molecule has 184 valence electrons. The zero-order valence-electron chi connectivity index (χ0n) is 19.7. The molecule has 0 saturated carbocycles. The molecule has 3 aromatic carbocycles. The molecule has 0 spiro atoms. The maximum atomic E-state index is 12.9. The van der Waals surface area contributed by atoms with Gasteiger partial charge in [-0.2, -0.15) is 4.31 Å². The Labute approximate surface area is 210 Å². The summed E-state index contributed by atoms with van der Waals surface area (Å²) in [6, 6.07) is 18.0. The SMILES string of the molecule is O=C(NCCc1ccc(S(=O)(=O)N2CCCCC2)cc1)c1ccc2c(c1)C(=O)c1ccccc1C2=O. The summed E-state index contributed by atoms with van der Waals surface area (Å²) in [6.45, 7) is 1.46. The maximum absolute atomic E-state index is 12.9. The molecule has 3 aromatic rings. The van der Waals surface area contributed by atoms with Crippen molar-refractivity contribution in [1.82, 2.24) is 9.62 Å². The van der Waals surface area contributed by atoms with Crippen molar-refractivity contribution < 1.29 is 22.8 Å². The van der Waals surface area contributed by atoms with E-state index < -0.39 is 10.0 Å². The number of hydrogen-bond donors (Lipinski definition) is 1. The predicted octanol–water partition coefficient (Wildman–Crippen LogP) is 3.61. The number of sulfonamides is 1. The summed E-state index contributed by atoms with van der Waals surface area (Å²) in [4.78, 5) is 38.7. The molecule has 0 atom stereocenters. The third-order valence-corrected chi connectivity index (χ3v) is 8.68. The van der Waals surface area contributed by atoms with Crippen LogP contribution in [0.4, 0.5) is 0 Å². The Morgan fingerprint density at radius 2 is 1.39 bits per heavy atom. The number of carbonyl (C=O) groups excluding carboxylic acids is 3. The number of piperidine rings is 1. The van der Waals surface area contributed by atoms with E-state index in [1.807, 2.05) is 0 Å². The highest BCUT2D eigenvalue weighted by Gasteiger charge is 2.30. The van der Waals surface area contributed by atoms with Crippen LogP contribution in [0.3, 0.4) is 0 Å². The highest BCUT2D eigenvalue weighted by molar-refractivity contribution is 7.89. The van der Waals surface area contributed by atoms with Crippen LogP contribution in [0, 0.1) is 0 Å². The van der Waals surface area contributed by atoms with E-state index in [4.69, 9.17) is 0 Å². The lowest BCUT2D eigenvalue weighted by Gasteiger charge is -2.25. The average molecular weight is 503 g/mol. The van der Waals surface area contributed by atoms with Crippen molar-refractivity contribution in [3.8, 4) is 0 Å². The molecule has 0 bridgehead atoms. The Hall–Kier alpha value is -3.62. The summed E-state index contributed by atoms with van der Waals surface area (Å²) in [5, 5.41) is 2.83. The van der Waals surface area contributed by atoms with E-state index >= 15 is 0 Å². The number of fused-ring (bicyclic) bond motifs is 2. The van der Waals surface area contributed by atoms with Gasteiger partial charge in [-0.1, -0.05) is 42.8 Å². The Bertz CT molecular complexity index is 1460. The molecular formula is C28H26N2O5S. The van der Waals surface area contributed by atoms with Crippen molar-refractivity contribution in [3.63, 3.8) is 0 Å². The number of amides is 1. The van der Waals surface area contributed by atoms with Crippen molar-refractivity contribution in [2.75, 3.05) is 19.6 Å². The second-order valence-electron chi connectivity index (χ2n) is 9.08. The van der Waals surface area contributed by atoms with Crippen LogP contribution in [0.1, 0.15) is 67.0 Å². The fourth-order valence-corrected chi connectivity index (χ4v) is 6.26. The molecule has 0 unspecified atom stereocenters. The van der Waals surface area contributed by atoms with Crippen LogP contribution in [0.15, 0.2) is 71.6 Å². The average Bonchev–Trinajstić information content (AvgIpc) is 2.92. The van der Waals surface area contributed by atoms with Gasteiger partial charge in [-0.3, -0.25) is 14.4 Å². The summed E-state index contributed by atoms with van der Waals surface area (Å²) in [7, 11) is -3.47. The molecule has 1 heterocycles. The number of carbonyl (C=O) groups is 3. The topological polar surface area (TPSA) is 101 Å². The third kappa shape index (κ3) is 4.50. The first-order valence-electron chi connectivity index (χ1n) is 12.1. The van der Waals surface area contributed by atoms with Crippen molar-refractivity contribution in [1.29, 1.82) is 0 Å². The number of benzene rings is 3. The summed E-state index contributed by atoms with van der Waals surface area (Å²) in [5.74, 6) is -0.839. The molecule has 1 saturated heterocycles. The normalized spacial score (nSPS) is 15.8. The molecule has 8 heteroatoms. The zero-order chi connectivity index (χ0) is 25.3. The van der Waals surface area contributed by atoms with Crippen LogP contribution in [0.25, 0.3) is 0 Å². The van der Waals surface area contributed by atoms with Gasteiger partial charge in [0.05, 0.1) is 4.90 Å². The zero-order valence-corrected chi connectivity index (χ0v) is 20.5. The summed E-state index contributed by atoms with van der Waals surface area (Å²) in [5.41, 5.74) is 2.46. The minimum absolute atomic E-state index is 0.224. The fraction of sp³-hybridized carbons (Fsp3) is 0.250. The molecule has 1 amide bonds. The molecular weight excluding hydrogens is 476 g/mol. The lowest BCUT2D eigenvalue weighted by molar-refractivity contribution is 0.0951. The molecule has 5 rings (SSSR count). The first-order chi connectivity index (χ1) is 17.4. The fourth-order valence-electron chi connectivity index (χ4n) is 4.75. The second-order valence-corrected chi connectivity index (χ2v) is 11.0. The lowest BCUT2D eigenvalue weighted by atomic mass is 9.83. The van der Waals surface area contributed by atoms with Crippen molar-refractivity contribution >= 4 is 27.5 Å². The van der Waals surface area contributed by atoms with Gasteiger partial charge < -0.3 is 5.32 Å².